The molecule has 0 spiro atoms. The van der Waals surface area contributed by atoms with Crippen molar-refractivity contribution < 1.29 is 0 Å². The van der Waals surface area contributed by atoms with E-state index in [4.69, 9.17) is 0 Å². The SMILES string of the molecule is Cc1ccn2cc(-c3ccc(I)cc3)cc2c1. The second-order valence-corrected chi connectivity index (χ2v) is 5.52. The van der Waals surface area contributed by atoms with Gasteiger partial charge in [-0.1, -0.05) is 12.1 Å². The predicted octanol–water partition coefficient (Wildman–Crippen LogP) is 4.52. The zero-order valence-electron chi connectivity index (χ0n) is 9.52. The summed E-state index contributed by atoms with van der Waals surface area (Å²) < 4.78 is 3.44. The molecule has 2 heteroatoms. The molecule has 3 aromatic rings. The van der Waals surface area contributed by atoms with Gasteiger partial charge in [0, 0.05) is 27.0 Å². The van der Waals surface area contributed by atoms with Crippen LogP contribution in [0, 0.1) is 10.5 Å². The minimum Gasteiger partial charge on any atom is -0.323 e. The Kier molecular flexibility index (Phi) is 2.67. The third-order valence-corrected chi connectivity index (χ3v) is 3.65. The van der Waals surface area contributed by atoms with Crippen LogP contribution in [-0.4, -0.2) is 4.40 Å². The zero-order valence-corrected chi connectivity index (χ0v) is 11.7. The molecule has 0 saturated heterocycles. The van der Waals surface area contributed by atoms with Crippen LogP contribution in [0.5, 0.6) is 0 Å². The van der Waals surface area contributed by atoms with Crippen molar-refractivity contribution in [2.24, 2.45) is 0 Å². The Morgan fingerprint density at radius 1 is 0.941 bits per heavy atom. The van der Waals surface area contributed by atoms with Gasteiger partial charge in [-0.05, 0) is 71.0 Å². The molecule has 2 heterocycles. The number of rotatable bonds is 1. The Labute approximate surface area is 114 Å². The summed E-state index contributed by atoms with van der Waals surface area (Å²) >= 11 is 2.33. The second-order valence-electron chi connectivity index (χ2n) is 4.27. The van der Waals surface area contributed by atoms with Crippen molar-refractivity contribution in [2.45, 2.75) is 6.92 Å². The lowest BCUT2D eigenvalue weighted by atomic mass is 10.1. The van der Waals surface area contributed by atoms with Crippen molar-refractivity contribution >= 4 is 28.1 Å². The Hall–Kier alpha value is -1.29. The molecule has 0 radical (unpaired) electrons. The Morgan fingerprint density at radius 2 is 1.71 bits per heavy atom. The number of pyridine rings is 1. The fraction of sp³-hybridized carbons (Fsp3) is 0.0667. The molecule has 0 aliphatic heterocycles. The molecule has 0 N–H and O–H groups in total. The minimum absolute atomic E-state index is 1.25. The van der Waals surface area contributed by atoms with E-state index in [1.165, 1.54) is 25.8 Å². The Bertz CT molecular complexity index is 665. The van der Waals surface area contributed by atoms with Crippen LogP contribution in [0.4, 0.5) is 0 Å². The van der Waals surface area contributed by atoms with Crippen LogP contribution >= 0.6 is 22.6 Å². The molecular weight excluding hydrogens is 321 g/mol. The van der Waals surface area contributed by atoms with Crippen LogP contribution in [0.25, 0.3) is 16.6 Å². The molecule has 84 valence electrons. The summed E-state index contributed by atoms with van der Waals surface area (Å²) in [6.45, 7) is 2.12. The first kappa shape index (κ1) is 10.8. The van der Waals surface area contributed by atoms with Gasteiger partial charge in [0.1, 0.15) is 0 Å². The maximum Gasteiger partial charge on any atom is 0.0458 e. The van der Waals surface area contributed by atoms with Gasteiger partial charge in [-0.25, -0.2) is 0 Å². The lowest BCUT2D eigenvalue weighted by Crippen LogP contribution is -1.80. The zero-order chi connectivity index (χ0) is 11.8. The minimum atomic E-state index is 1.25. The van der Waals surface area contributed by atoms with Crippen molar-refractivity contribution in [2.75, 3.05) is 0 Å². The average Bonchev–Trinajstić information content (AvgIpc) is 2.72. The molecule has 0 aliphatic rings. The van der Waals surface area contributed by atoms with Gasteiger partial charge < -0.3 is 4.40 Å². The molecular formula is C15H12IN. The van der Waals surface area contributed by atoms with Crippen LogP contribution in [0.2, 0.25) is 0 Å². The van der Waals surface area contributed by atoms with Gasteiger partial charge in [-0.3, -0.25) is 0 Å². The van der Waals surface area contributed by atoms with Gasteiger partial charge in [-0.2, -0.15) is 0 Å². The first-order valence-electron chi connectivity index (χ1n) is 5.57. The number of fused-ring (bicyclic) bond motifs is 1. The molecule has 1 nitrogen and oxygen atoms in total. The van der Waals surface area contributed by atoms with E-state index in [1.54, 1.807) is 0 Å². The fourth-order valence-corrected chi connectivity index (χ4v) is 2.38. The highest BCUT2D eigenvalue weighted by Crippen LogP contribution is 2.23. The van der Waals surface area contributed by atoms with Crippen molar-refractivity contribution in [3.63, 3.8) is 0 Å². The molecule has 2 aromatic heterocycles. The van der Waals surface area contributed by atoms with Crippen molar-refractivity contribution in [1.29, 1.82) is 0 Å². The Morgan fingerprint density at radius 3 is 2.47 bits per heavy atom. The van der Waals surface area contributed by atoms with Crippen molar-refractivity contribution in [1.82, 2.24) is 4.40 Å². The number of nitrogens with zero attached hydrogens (tertiary/aromatic N) is 1. The van der Waals surface area contributed by atoms with E-state index in [9.17, 15) is 0 Å². The van der Waals surface area contributed by atoms with Crippen molar-refractivity contribution in [3.8, 4) is 11.1 Å². The summed E-state index contributed by atoms with van der Waals surface area (Å²) in [6, 6.07) is 15.2. The topological polar surface area (TPSA) is 4.41 Å². The van der Waals surface area contributed by atoms with Gasteiger partial charge in [-0.15, -0.1) is 0 Å². The number of halogens is 1. The van der Waals surface area contributed by atoms with Crippen LogP contribution < -0.4 is 0 Å². The van der Waals surface area contributed by atoms with E-state index in [-0.39, 0.29) is 0 Å². The molecule has 0 fully saturated rings. The van der Waals surface area contributed by atoms with Gasteiger partial charge in [0.25, 0.3) is 0 Å². The molecule has 0 atom stereocenters. The monoisotopic (exact) mass is 333 g/mol. The highest BCUT2D eigenvalue weighted by molar-refractivity contribution is 14.1. The van der Waals surface area contributed by atoms with Crippen LogP contribution in [0.3, 0.4) is 0 Å². The average molecular weight is 333 g/mol. The third kappa shape index (κ3) is 2.09. The summed E-state index contributed by atoms with van der Waals surface area (Å²) in [5, 5.41) is 0. The normalized spacial score (nSPS) is 10.9. The number of benzene rings is 1. The van der Waals surface area contributed by atoms with Crippen LogP contribution in [-0.2, 0) is 0 Å². The van der Waals surface area contributed by atoms with E-state index >= 15 is 0 Å². The summed E-state index contributed by atoms with van der Waals surface area (Å²) in [5.74, 6) is 0. The molecule has 0 bridgehead atoms. The number of aryl methyl sites for hydroxylation is 1. The lowest BCUT2D eigenvalue weighted by molar-refractivity contribution is 1.18. The van der Waals surface area contributed by atoms with E-state index in [0.717, 1.165) is 0 Å². The highest BCUT2D eigenvalue weighted by Gasteiger charge is 2.02. The number of hydrogen-bond acceptors (Lipinski definition) is 0. The fourth-order valence-electron chi connectivity index (χ4n) is 2.02. The number of aromatic nitrogens is 1. The largest absolute Gasteiger partial charge is 0.323 e. The molecule has 0 amide bonds. The van der Waals surface area contributed by atoms with Crippen LogP contribution in [0.1, 0.15) is 5.56 Å². The summed E-state index contributed by atoms with van der Waals surface area (Å²) in [6.07, 6.45) is 4.29. The van der Waals surface area contributed by atoms with Gasteiger partial charge in [0.05, 0.1) is 0 Å². The molecule has 0 unspecified atom stereocenters. The maximum absolute atomic E-state index is 2.33. The molecule has 0 aliphatic carbocycles. The standard InChI is InChI=1S/C15H12IN/c1-11-6-7-17-10-13(9-15(17)8-11)12-2-4-14(16)5-3-12/h2-10H,1H3. The van der Waals surface area contributed by atoms with E-state index < -0.39 is 0 Å². The maximum atomic E-state index is 2.33. The summed E-state index contributed by atoms with van der Waals surface area (Å²) in [7, 11) is 0. The van der Waals surface area contributed by atoms with Crippen molar-refractivity contribution in [3.05, 3.63) is 64.0 Å². The quantitative estimate of drug-likeness (QED) is 0.577. The molecule has 17 heavy (non-hydrogen) atoms. The first-order valence-corrected chi connectivity index (χ1v) is 6.64. The molecule has 1 aromatic carbocycles. The summed E-state index contributed by atoms with van der Waals surface area (Å²) in [4.78, 5) is 0. The van der Waals surface area contributed by atoms with Gasteiger partial charge >= 0.3 is 0 Å². The van der Waals surface area contributed by atoms with E-state index in [0.29, 0.717) is 0 Å². The second kappa shape index (κ2) is 4.18. The predicted molar refractivity (Wildman–Crippen MR) is 80.3 cm³/mol. The number of hydrogen-bond donors (Lipinski definition) is 0. The van der Waals surface area contributed by atoms with E-state index in [2.05, 4.69) is 88.8 Å². The third-order valence-electron chi connectivity index (χ3n) is 2.93. The smallest absolute Gasteiger partial charge is 0.0458 e. The van der Waals surface area contributed by atoms with Gasteiger partial charge in [0.15, 0.2) is 0 Å². The van der Waals surface area contributed by atoms with Crippen LogP contribution in [0.15, 0.2) is 54.9 Å². The van der Waals surface area contributed by atoms with E-state index in [1.807, 2.05) is 0 Å². The molecule has 0 saturated carbocycles. The highest BCUT2D eigenvalue weighted by atomic mass is 127. The lowest BCUT2D eigenvalue weighted by Gasteiger charge is -1.96. The Balaban J connectivity index is 2.14. The van der Waals surface area contributed by atoms with Gasteiger partial charge in [0.2, 0.25) is 0 Å². The molecule has 3 rings (SSSR count). The summed E-state index contributed by atoms with van der Waals surface area (Å²) in [5.41, 5.74) is 5.09. The first-order chi connectivity index (χ1) is 8.22.